The predicted octanol–water partition coefficient (Wildman–Crippen LogP) is 2.31. The monoisotopic (exact) mass is 317 g/mol. The van der Waals surface area contributed by atoms with Crippen molar-refractivity contribution in [2.75, 3.05) is 13.7 Å². The number of likely N-dealkylation sites (tertiary alicyclic amines) is 1. The van der Waals surface area contributed by atoms with Crippen molar-refractivity contribution >= 4 is 11.9 Å². The van der Waals surface area contributed by atoms with Crippen LogP contribution in [0.5, 0.6) is 0 Å². The number of esters is 2. The first-order valence-electron chi connectivity index (χ1n) is 7.81. The Labute approximate surface area is 136 Å². The third-order valence-corrected chi connectivity index (χ3v) is 4.13. The molecule has 1 aliphatic rings. The third-order valence-electron chi connectivity index (χ3n) is 4.13. The molecule has 2 rings (SSSR count). The third kappa shape index (κ3) is 3.99. The number of ether oxygens (including phenoxy) is 2. The molecule has 0 unspecified atom stereocenters. The van der Waals surface area contributed by atoms with E-state index in [1.807, 2.05) is 35.2 Å². The average molecular weight is 317 g/mol. The van der Waals surface area contributed by atoms with Gasteiger partial charge in [0.05, 0.1) is 13.7 Å². The molecule has 0 spiro atoms. The Morgan fingerprint density at radius 2 is 1.87 bits per heavy atom. The van der Waals surface area contributed by atoms with Crippen LogP contribution in [0.25, 0.3) is 0 Å². The van der Waals surface area contributed by atoms with Crippen LogP contribution in [-0.4, -0.2) is 42.6 Å². The molecule has 23 heavy (non-hydrogen) atoms. The Kier molecular flexibility index (Phi) is 5.93. The Hall–Kier alpha value is -2.14. The summed E-state index contributed by atoms with van der Waals surface area (Å²) < 4.78 is 9.97. The van der Waals surface area contributed by atoms with Gasteiger partial charge in [0.1, 0.15) is 6.04 Å². The molecular formula is C18H23NO4. The van der Waals surface area contributed by atoms with Gasteiger partial charge in [-0.15, -0.1) is 0 Å². The number of rotatable bonds is 6. The van der Waals surface area contributed by atoms with Crippen LogP contribution in [-0.2, 0) is 25.6 Å². The van der Waals surface area contributed by atoms with E-state index in [1.54, 1.807) is 6.92 Å². The van der Waals surface area contributed by atoms with E-state index >= 15 is 0 Å². The number of benzene rings is 1. The van der Waals surface area contributed by atoms with Crippen molar-refractivity contribution in [1.82, 2.24) is 4.90 Å². The summed E-state index contributed by atoms with van der Waals surface area (Å²) in [5.41, 5.74) is 1.46. The molecule has 5 heteroatoms. The van der Waals surface area contributed by atoms with Crippen molar-refractivity contribution < 1.29 is 19.1 Å². The number of hydrogen-bond acceptors (Lipinski definition) is 5. The van der Waals surface area contributed by atoms with Gasteiger partial charge in [-0.05, 0) is 25.3 Å². The maximum atomic E-state index is 12.2. The first-order valence-corrected chi connectivity index (χ1v) is 7.81. The van der Waals surface area contributed by atoms with Crippen molar-refractivity contribution in [3.05, 3.63) is 48.0 Å². The van der Waals surface area contributed by atoms with Crippen molar-refractivity contribution in [1.29, 1.82) is 0 Å². The van der Waals surface area contributed by atoms with Gasteiger partial charge in [0, 0.05) is 18.2 Å². The Morgan fingerprint density at radius 3 is 2.48 bits per heavy atom. The van der Waals surface area contributed by atoms with E-state index in [9.17, 15) is 9.59 Å². The molecule has 1 heterocycles. The summed E-state index contributed by atoms with van der Waals surface area (Å²) in [5, 5.41) is 0. The van der Waals surface area contributed by atoms with Gasteiger partial charge >= 0.3 is 11.9 Å². The molecule has 0 bridgehead atoms. The van der Waals surface area contributed by atoms with Gasteiger partial charge < -0.3 is 9.47 Å². The fraction of sp³-hybridized carbons (Fsp3) is 0.444. The van der Waals surface area contributed by atoms with E-state index in [2.05, 4.69) is 6.58 Å². The molecule has 124 valence electrons. The molecule has 1 saturated heterocycles. The van der Waals surface area contributed by atoms with Gasteiger partial charge in [-0.25, -0.2) is 4.79 Å². The van der Waals surface area contributed by atoms with E-state index < -0.39 is 5.97 Å². The minimum absolute atomic E-state index is 0.211. The lowest BCUT2D eigenvalue weighted by atomic mass is 10.1. The molecular weight excluding hydrogens is 294 g/mol. The van der Waals surface area contributed by atoms with Gasteiger partial charge in [-0.1, -0.05) is 36.9 Å². The van der Waals surface area contributed by atoms with Crippen molar-refractivity contribution in [2.24, 2.45) is 0 Å². The maximum Gasteiger partial charge on any atom is 0.334 e. The Bertz CT molecular complexity index is 570. The van der Waals surface area contributed by atoms with Gasteiger partial charge in [-0.3, -0.25) is 9.69 Å². The second-order valence-electron chi connectivity index (χ2n) is 5.54. The zero-order chi connectivity index (χ0) is 16.8. The summed E-state index contributed by atoms with van der Waals surface area (Å²) in [4.78, 5) is 26.1. The lowest BCUT2D eigenvalue weighted by Crippen LogP contribution is -2.42. The number of carbonyl (C=O) groups excluding carboxylic acids is 2. The van der Waals surface area contributed by atoms with Crippen LogP contribution < -0.4 is 0 Å². The molecule has 1 aromatic rings. The van der Waals surface area contributed by atoms with Gasteiger partial charge in [-0.2, -0.15) is 0 Å². The Morgan fingerprint density at radius 1 is 1.22 bits per heavy atom. The molecule has 0 aliphatic carbocycles. The first kappa shape index (κ1) is 17.2. The van der Waals surface area contributed by atoms with E-state index in [0.29, 0.717) is 31.6 Å². The highest BCUT2D eigenvalue weighted by molar-refractivity contribution is 5.89. The second kappa shape index (κ2) is 7.92. The number of nitrogens with zero attached hydrogens (tertiary/aromatic N) is 1. The smallest absolute Gasteiger partial charge is 0.334 e. The van der Waals surface area contributed by atoms with E-state index in [0.717, 1.165) is 5.56 Å². The molecule has 1 aliphatic heterocycles. The van der Waals surface area contributed by atoms with Crippen LogP contribution >= 0.6 is 0 Å². The summed E-state index contributed by atoms with van der Waals surface area (Å²) >= 11 is 0. The van der Waals surface area contributed by atoms with Gasteiger partial charge in [0.15, 0.2) is 0 Å². The molecule has 0 saturated carbocycles. The van der Waals surface area contributed by atoms with Crippen LogP contribution in [0.4, 0.5) is 0 Å². The highest BCUT2D eigenvalue weighted by atomic mass is 16.5. The topological polar surface area (TPSA) is 55.8 Å². The molecule has 1 aromatic carbocycles. The highest BCUT2D eigenvalue weighted by Gasteiger charge is 2.41. The van der Waals surface area contributed by atoms with Crippen LogP contribution in [0.15, 0.2) is 42.5 Å². The number of hydrogen-bond donors (Lipinski definition) is 0. The lowest BCUT2D eigenvalue weighted by Gasteiger charge is -2.29. The van der Waals surface area contributed by atoms with Crippen LogP contribution in [0.2, 0.25) is 0 Å². The zero-order valence-corrected chi connectivity index (χ0v) is 13.7. The van der Waals surface area contributed by atoms with E-state index in [-0.39, 0.29) is 18.1 Å². The lowest BCUT2D eigenvalue weighted by molar-refractivity contribution is -0.149. The van der Waals surface area contributed by atoms with E-state index in [4.69, 9.17) is 9.47 Å². The molecule has 5 nitrogen and oxygen atoms in total. The molecule has 0 N–H and O–H groups in total. The highest BCUT2D eigenvalue weighted by Crippen LogP contribution is 2.31. The first-order chi connectivity index (χ1) is 11.1. The largest absolute Gasteiger partial charge is 0.466 e. The fourth-order valence-corrected chi connectivity index (χ4v) is 3.01. The van der Waals surface area contributed by atoms with Crippen molar-refractivity contribution in [3.8, 4) is 0 Å². The summed E-state index contributed by atoms with van der Waals surface area (Å²) in [5.74, 6) is -0.679. The zero-order valence-electron chi connectivity index (χ0n) is 13.7. The van der Waals surface area contributed by atoms with Gasteiger partial charge in [0.2, 0.25) is 0 Å². The van der Waals surface area contributed by atoms with Gasteiger partial charge in [0.25, 0.3) is 0 Å². The predicted molar refractivity (Wildman–Crippen MR) is 86.6 cm³/mol. The standard InChI is InChI=1S/C18H23NO4/c1-4-23-18(21)16-11-10-15(13(2)17(20)22-3)19(16)12-14-8-6-5-7-9-14/h5-9,15-16H,2,4,10-12H2,1,3H3/t15-,16+/m1/s1. The SMILES string of the molecule is C=C(C(=O)OC)[C@H]1CC[C@@H](C(=O)OCC)N1Cc1ccccc1. The summed E-state index contributed by atoms with van der Waals surface area (Å²) in [6, 6.07) is 9.28. The summed E-state index contributed by atoms with van der Waals surface area (Å²) in [6.45, 7) is 6.57. The average Bonchev–Trinajstić information content (AvgIpc) is 2.98. The number of carbonyl (C=O) groups is 2. The Balaban J connectivity index is 2.22. The molecule has 2 atom stereocenters. The maximum absolute atomic E-state index is 12.2. The molecule has 0 aromatic heterocycles. The van der Waals surface area contributed by atoms with Crippen LogP contribution in [0.3, 0.4) is 0 Å². The minimum atomic E-state index is -0.433. The quantitative estimate of drug-likeness (QED) is 0.595. The number of methoxy groups -OCH3 is 1. The van der Waals surface area contributed by atoms with E-state index in [1.165, 1.54) is 7.11 Å². The van der Waals surface area contributed by atoms with Crippen molar-refractivity contribution in [2.45, 2.75) is 38.4 Å². The minimum Gasteiger partial charge on any atom is -0.466 e. The summed E-state index contributed by atoms with van der Waals surface area (Å²) in [6.07, 6.45) is 1.33. The van der Waals surface area contributed by atoms with Crippen molar-refractivity contribution in [3.63, 3.8) is 0 Å². The second-order valence-corrected chi connectivity index (χ2v) is 5.54. The van der Waals surface area contributed by atoms with Crippen LogP contribution in [0, 0.1) is 0 Å². The molecule has 0 radical (unpaired) electrons. The molecule has 0 amide bonds. The normalized spacial score (nSPS) is 21.0. The molecule has 1 fully saturated rings. The van der Waals surface area contributed by atoms with Crippen LogP contribution in [0.1, 0.15) is 25.3 Å². The summed E-state index contributed by atoms with van der Waals surface area (Å²) in [7, 11) is 1.34. The fourth-order valence-electron chi connectivity index (χ4n) is 3.01.